The summed E-state index contributed by atoms with van der Waals surface area (Å²) in [6.07, 6.45) is 1.65. The average Bonchev–Trinajstić information content (AvgIpc) is 2.94. The summed E-state index contributed by atoms with van der Waals surface area (Å²) < 4.78 is 28.8. The minimum absolute atomic E-state index is 0.0368. The Balaban J connectivity index is 0.000000307. The molecule has 0 aromatic carbocycles. The van der Waals surface area contributed by atoms with Crippen molar-refractivity contribution in [2.45, 2.75) is 30.7 Å². The van der Waals surface area contributed by atoms with Gasteiger partial charge in [-0.2, -0.15) is 12.7 Å². The molecule has 2 rings (SSSR count). The van der Waals surface area contributed by atoms with Gasteiger partial charge in [0, 0.05) is 31.1 Å². The van der Waals surface area contributed by atoms with E-state index in [9.17, 15) is 32.9 Å². The van der Waals surface area contributed by atoms with Crippen molar-refractivity contribution in [1.29, 1.82) is 0 Å². The van der Waals surface area contributed by atoms with Crippen molar-refractivity contribution in [3.8, 4) is 0 Å². The molecule has 2 heterocycles. The molecule has 0 radical (unpaired) electrons. The lowest BCUT2D eigenvalue weighted by Crippen LogP contribution is -2.34. The molecule has 154 valence electrons. The lowest BCUT2D eigenvalue weighted by molar-refractivity contribution is -0.385. The van der Waals surface area contributed by atoms with Crippen molar-refractivity contribution >= 4 is 55.4 Å². The first-order chi connectivity index (χ1) is 13.0. The predicted molar refractivity (Wildman–Crippen MR) is 98.7 cm³/mol. The highest BCUT2D eigenvalue weighted by Crippen LogP contribution is 2.30. The summed E-state index contributed by atoms with van der Waals surface area (Å²) in [6.45, 7) is 0. The zero-order valence-electron chi connectivity index (χ0n) is 14.1. The molecule has 1 fully saturated rings. The van der Waals surface area contributed by atoms with Crippen LogP contribution in [-0.2, 0) is 24.7 Å². The fourth-order valence-corrected chi connectivity index (χ4v) is 4.37. The zero-order valence-corrected chi connectivity index (χ0v) is 16.5. The van der Waals surface area contributed by atoms with Gasteiger partial charge < -0.3 is 5.11 Å². The number of amides is 2. The molecule has 1 aliphatic rings. The van der Waals surface area contributed by atoms with Gasteiger partial charge >= 0.3 is 16.3 Å². The topological polar surface area (TPSA) is 185 Å². The third kappa shape index (κ3) is 8.20. The number of pyridine rings is 1. The quantitative estimate of drug-likeness (QED) is 0.145. The van der Waals surface area contributed by atoms with Crippen LogP contribution in [0.1, 0.15) is 25.7 Å². The monoisotopic (exact) mass is 453 g/mol. The molecule has 1 aromatic rings. The number of imide groups is 1. The number of aromatic nitrogens is 1. The van der Waals surface area contributed by atoms with Gasteiger partial charge in [-0.3, -0.25) is 29.1 Å². The molecule has 1 aromatic heterocycles. The molecule has 15 heteroatoms. The molecule has 1 aliphatic heterocycles. The highest BCUT2D eigenvalue weighted by Gasteiger charge is 2.37. The molecule has 0 unspecified atom stereocenters. The van der Waals surface area contributed by atoms with Gasteiger partial charge in [-0.1, -0.05) is 10.8 Å². The molecule has 1 saturated heterocycles. The van der Waals surface area contributed by atoms with E-state index in [-0.39, 0.29) is 29.3 Å². The van der Waals surface area contributed by atoms with Crippen molar-refractivity contribution in [1.82, 2.24) is 9.29 Å². The molecular weight excluding hydrogens is 438 g/mol. The summed E-state index contributed by atoms with van der Waals surface area (Å²) in [5, 5.41) is 19.5. The Labute approximate surface area is 167 Å². The highest BCUT2D eigenvalue weighted by atomic mass is 33.1. The molecule has 2 N–H and O–H groups in total. The lowest BCUT2D eigenvalue weighted by Gasteiger charge is -2.06. The number of hydrogen-bond acceptors (Lipinski definition) is 10. The van der Waals surface area contributed by atoms with Crippen LogP contribution < -0.4 is 0 Å². The molecule has 12 nitrogen and oxygen atoms in total. The third-order valence-electron chi connectivity index (χ3n) is 2.93. The molecule has 0 atom stereocenters. The zero-order chi connectivity index (χ0) is 21.3. The Hall–Kier alpha value is -2.23. The van der Waals surface area contributed by atoms with Crippen LogP contribution in [0.4, 0.5) is 5.69 Å². The molecule has 0 spiro atoms. The van der Waals surface area contributed by atoms with E-state index in [2.05, 4.69) is 4.98 Å². The lowest BCUT2D eigenvalue weighted by atomic mass is 10.3. The van der Waals surface area contributed by atoms with Crippen LogP contribution >= 0.6 is 21.6 Å². The normalized spacial score (nSPS) is 13.8. The minimum Gasteiger partial charge on any atom is -0.481 e. The first-order valence-electron chi connectivity index (χ1n) is 7.47. The van der Waals surface area contributed by atoms with Crippen molar-refractivity contribution in [3.63, 3.8) is 0 Å². The standard InChI is InChI=1S/C9H10N2O4S2.C4H5NO5S/c12-9(13)2-1-5-16-17-8-4-3-7(6-10-8)11(14)15;6-3-1-2-4(7)5(3)11(8,9)10/h3-4,6H,1-2,5H2,(H,12,13);1-2H2,(H,8,9,10). The fraction of sp³-hybridized carbons (Fsp3) is 0.385. The Morgan fingerprint density at radius 1 is 1.29 bits per heavy atom. The first-order valence-corrected chi connectivity index (χ1v) is 11.2. The second kappa shape index (κ2) is 10.9. The smallest absolute Gasteiger partial charge is 0.368 e. The summed E-state index contributed by atoms with van der Waals surface area (Å²) in [7, 11) is -1.80. The summed E-state index contributed by atoms with van der Waals surface area (Å²) >= 11 is 0. The minimum atomic E-state index is -4.67. The van der Waals surface area contributed by atoms with Crippen LogP contribution in [0.5, 0.6) is 0 Å². The SMILES string of the molecule is O=C(O)CCCSSc1ccc([N+](=O)[O-])cn1.O=C1CCC(=O)N1S(=O)(=O)O. The van der Waals surface area contributed by atoms with Crippen molar-refractivity contribution in [3.05, 3.63) is 28.4 Å². The predicted octanol–water partition coefficient (Wildman–Crippen LogP) is 1.53. The maximum Gasteiger partial charge on any atom is 0.368 e. The van der Waals surface area contributed by atoms with Crippen LogP contribution in [0.2, 0.25) is 0 Å². The molecular formula is C13H15N3O9S3. The molecule has 28 heavy (non-hydrogen) atoms. The van der Waals surface area contributed by atoms with E-state index in [0.29, 0.717) is 17.2 Å². The molecule has 0 aliphatic carbocycles. The Kier molecular flexibility index (Phi) is 9.30. The first kappa shape index (κ1) is 23.8. The second-order valence-electron chi connectivity index (χ2n) is 5.04. The van der Waals surface area contributed by atoms with Crippen LogP contribution in [0.3, 0.4) is 0 Å². The molecule has 2 amide bonds. The van der Waals surface area contributed by atoms with Gasteiger partial charge in [0.15, 0.2) is 0 Å². The van der Waals surface area contributed by atoms with Crippen LogP contribution in [0.15, 0.2) is 23.4 Å². The number of carbonyl (C=O) groups excluding carboxylic acids is 2. The van der Waals surface area contributed by atoms with Gasteiger partial charge in [0.2, 0.25) is 11.8 Å². The van der Waals surface area contributed by atoms with E-state index >= 15 is 0 Å². The van der Waals surface area contributed by atoms with Gasteiger partial charge in [0.25, 0.3) is 5.69 Å². The summed E-state index contributed by atoms with van der Waals surface area (Å²) in [5.74, 6) is -1.85. The van der Waals surface area contributed by atoms with Gasteiger partial charge in [-0.05, 0) is 23.3 Å². The summed E-state index contributed by atoms with van der Waals surface area (Å²) in [4.78, 5) is 45.2. The van der Waals surface area contributed by atoms with Gasteiger partial charge in [-0.25, -0.2) is 4.98 Å². The van der Waals surface area contributed by atoms with Crippen molar-refractivity contribution in [2.75, 3.05) is 5.75 Å². The maximum atomic E-state index is 10.6. The average molecular weight is 453 g/mol. The Bertz CT molecular complexity index is 827. The summed E-state index contributed by atoms with van der Waals surface area (Å²) in [5.41, 5.74) is -0.0368. The molecule has 0 saturated carbocycles. The number of aliphatic carboxylic acids is 1. The van der Waals surface area contributed by atoms with Crippen LogP contribution in [-0.4, -0.2) is 55.8 Å². The second-order valence-corrected chi connectivity index (χ2v) is 8.74. The highest BCUT2D eigenvalue weighted by molar-refractivity contribution is 8.76. The number of carboxylic acids is 1. The summed E-state index contributed by atoms with van der Waals surface area (Å²) in [6, 6.07) is 2.97. The van der Waals surface area contributed by atoms with E-state index in [4.69, 9.17) is 9.66 Å². The van der Waals surface area contributed by atoms with Crippen molar-refractivity contribution < 1.29 is 37.4 Å². The largest absolute Gasteiger partial charge is 0.481 e. The van der Waals surface area contributed by atoms with Crippen LogP contribution in [0, 0.1) is 10.1 Å². The van der Waals surface area contributed by atoms with Gasteiger partial charge in [0.1, 0.15) is 11.2 Å². The van der Waals surface area contributed by atoms with E-state index in [1.165, 1.54) is 33.9 Å². The third-order valence-corrected chi connectivity index (χ3v) is 6.15. The number of rotatable bonds is 8. The van der Waals surface area contributed by atoms with Gasteiger partial charge in [-0.15, -0.1) is 0 Å². The van der Waals surface area contributed by atoms with Crippen LogP contribution in [0.25, 0.3) is 0 Å². The van der Waals surface area contributed by atoms with E-state index in [1.54, 1.807) is 6.07 Å². The molecule has 0 bridgehead atoms. The number of nitrogens with zero attached hydrogens (tertiary/aromatic N) is 3. The van der Waals surface area contributed by atoms with E-state index in [1.807, 2.05) is 0 Å². The fourth-order valence-electron chi connectivity index (χ4n) is 1.73. The Morgan fingerprint density at radius 2 is 1.89 bits per heavy atom. The van der Waals surface area contributed by atoms with Crippen molar-refractivity contribution in [2.24, 2.45) is 0 Å². The number of carboxylic acid groups (broad SMARTS) is 1. The number of carbonyl (C=O) groups is 3. The maximum absolute atomic E-state index is 10.6. The number of nitro groups is 1. The van der Waals surface area contributed by atoms with Gasteiger partial charge in [0.05, 0.1) is 4.92 Å². The number of hydrogen-bond donors (Lipinski definition) is 2. The Morgan fingerprint density at radius 3 is 2.29 bits per heavy atom. The van der Waals surface area contributed by atoms with E-state index < -0.39 is 33.0 Å². The van der Waals surface area contributed by atoms with E-state index in [0.717, 1.165) is 0 Å².